The van der Waals surface area contributed by atoms with E-state index in [9.17, 15) is 12.8 Å². The van der Waals surface area contributed by atoms with Crippen LogP contribution in [0.15, 0.2) is 18.2 Å². The molecular formula is C15H24FNO2S. The Morgan fingerprint density at radius 3 is 2.45 bits per heavy atom. The molecule has 5 heteroatoms. The van der Waals surface area contributed by atoms with Crippen molar-refractivity contribution in [3.05, 3.63) is 35.1 Å². The molecule has 0 fully saturated rings. The van der Waals surface area contributed by atoms with Crippen LogP contribution in [0.25, 0.3) is 0 Å². The molecule has 0 aliphatic heterocycles. The largest absolute Gasteiger partial charge is 0.312 e. The molecule has 0 saturated carbocycles. The number of rotatable bonds is 6. The molecule has 114 valence electrons. The minimum absolute atomic E-state index is 0.261. The smallest absolute Gasteiger partial charge is 0.154 e. The van der Waals surface area contributed by atoms with Crippen LogP contribution in [0.5, 0.6) is 0 Å². The molecule has 0 heterocycles. The zero-order chi connectivity index (χ0) is 15.6. The Hall–Kier alpha value is -0.940. The summed E-state index contributed by atoms with van der Waals surface area (Å²) < 4.78 is 36.5. The zero-order valence-electron chi connectivity index (χ0n) is 12.8. The zero-order valence-corrected chi connectivity index (χ0v) is 13.6. The van der Waals surface area contributed by atoms with E-state index in [1.165, 1.54) is 18.4 Å². The summed E-state index contributed by atoms with van der Waals surface area (Å²) in [4.78, 5) is 0. The standard InChI is InChI=1S/C15H24FNO2S/c1-6-17-14(15(3,4)20(5,18)19)10-12-9-13(16)8-7-11(12)2/h7-9,14,17H,6,10H2,1-5H3. The minimum Gasteiger partial charge on any atom is -0.312 e. The maximum Gasteiger partial charge on any atom is 0.154 e. The average molecular weight is 301 g/mol. The lowest BCUT2D eigenvalue weighted by Crippen LogP contribution is -2.52. The van der Waals surface area contributed by atoms with Crippen molar-refractivity contribution in [3.8, 4) is 0 Å². The van der Waals surface area contributed by atoms with Gasteiger partial charge in [-0.3, -0.25) is 0 Å². The monoisotopic (exact) mass is 301 g/mol. The van der Waals surface area contributed by atoms with Crippen molar-refractivity contribution in [3.63, 3.8) is 0 Å². The number of hydrogen-bond donors (Lipinski definition) is 1. The van der Waals surface area contributed by atoms with Crippen LogP contribution in [0, 0.1) is 12.7 Å². The molecule has 0 bridgehead atoms. The van der Waals surface area contributed by atoms with Crippen LogP contribution in [0.1, 0.15) is 31.9 Å². The number of aryl methyl sites for hydroxylation is 1. The highest BCUT2D eigenvalue weighted by Crippen LogP contribution is 2.24. The van der Waals surface area contributed by atoms with E-state index in [2.05, 4.69) is 5.32 Å². The molecule has 0 spiro atoms. The second kappa shape index (κ2) is 6.22. The van der Waals surface area contributed by atoms with E-state index in [0.29, 0.717) is 13.0 Å². The summed E-state index contributed by atoms with van der Waals surface area (Å²) in [6.45, 7) is 7.93. The highest BCUT2D eigenvalue weighted by atomic mass is 32.2. The van der Waals surface area contributed by atoms with Crippen molar-refractivity contribution in [2.24, 2.45) is 0 Å². The van der Waals surface area contributed by atoms with E-state index in [4.69, 9.17) is 0 Å². The molecule has 1 unspecified atom stereocenters. The molecule has 20 heavy (non-hydrogen) atoms. The van der Waals surface area contributed by atoms with Gasteiger partial charge in [0.15, 0.2) is 9.84 Å². The van der Waals surface area contributed by atoms with Gasteiger partial charge in [0.05, 0.1) is 4.75 Å². The van der Waals surface area contributed by atoms with Gasteiger partial charge in [-0.2, -0.15) is 0 Å². The van der Waals surface area contributed by atoms with Gasteiger partial charge in [0.1, 0.15) is 5.82 Å². The van der Waals surface area contributed by atoms with Crippen molar-refractivity contribution < 1.29 is 12.8 Å². The number of hydrogen-bond acceptors (Lipinski definition) is 3. The minimum atomic E-state index is -3.22. The molecule has 3 nitrogen and oxygen atoms in total. The van der Waals surface area contributed by atoms with Crippen LogP contribution in [-0.4, -0.2) is 32.0 Å². The first-order chi connectivity index (χ1) is 9.09. The molecule has 1 N–H and O–H groups in total. The molecule has 0 saturated heterocycles. The Kier molecular flexibility index (Phi) is 5.33. The molecule has 0 aliphatic rings. The number of nitrogens with one attached hydrogen (secondary N) is 1. The second-order valence-corrected chi connectivity index (χ2v) is 8.36. The maximum absolute atomic E-state index is 13.4. The first kappa shape index (κ1) is 17.1. The summed E-state index contributed by atoms with van der Waals surface area (Å²) in [5, 5.41) is 3.22. The van der Waals surface area contributed by atoms with Crippen LogP contribution in [-0.2, 0) is 16.3 Å². The van der Waals surface area contributed by atoms with Crippen LogP contribution < -0.4 is 5.32 Å². The summed E-state index contributed by atoms with van der Waals surface area (Å²) >= 11 is 0. The van der Waals surface area contributed by atoms with E-state index >= 15 is 0 Å². The normalized spacial score (nSPS) is 14.3. The van der Waals surface area contributed by atoms with Crippen molar-refractivity contribution >= 4 is 9.84 Å². The second-order valence-electron chi connectivity index (χ2n) is 5.76. The third-order valence-electron chi connectivity index (χ3n) is 3.98. The van der Waals surface area contributed by atoms with Crippen LogP contribution in [0.2, 0.25) is 0 Å². The van der Waals surface area contributed by atoms with Crippen LogP contribution in [0.3, 0.4) is 0 Å². The number of likely N-dealkylation sites (N-methyl/N-ethyl adjacent to an activating group) is 1. The van der Waals surface area contributed by atoms with Crippen LogP contribution in [0.4, 0.5) is 4.39 Å². The van der Waals surface area contributed by atoms with Crippen molar-refractivity contribution in [1.82, 2.24) is 5.32 Å². The SMILES string of the molecule is CCNC(Cc1cc(F)ccc1C)C(C)(C)S(C)(=O)=O. The van der Waals surface area contributed by atoms with E-state index in [-0.39, 0.29) is 11.9 Å². The van der Waals surface area contributed by atoms with Gasteiger partial charge in [-0.05, 0) is 57.0 Å². The fraction of sp³-hybridized carbons (Fsp3) is 0.600. The van der Waals surface area contributed by atoms with Gasteiger partial charge in [-0.15, -0.1) is 0 Å². The van der Waals surface area contributed by atoms with E-state index in [0.717, 1.165) is 11.1 Å². The number of sulfone groups is 1. The topological polar surface area (TPSA) is 46.2 Å². The third-order valence-corrected chi connectivity index (χ3v) is 6.18. The van der Waals surface area contributed by atoms with E-state index in [1.807, 2.05) is 13.8 Å². The van der Waals surface area contributed by atoms with Crippen molar-refractivity contribution in [1.29, 1.82) is 0 Å². The number of benzene rings is 1. The summed E-state index contributed by atoms with van der Waals surface area (Å²) in [7, 11) is -3.22. The van der Waals surface area contributed by atoms with Gasteiger partial charge in [0.2, 0.25) is 0 Å². The lowest BCUT2D eigenvalue weighted by molar-refractivity contribution is 0.412. The van der Waals surface area contributed by atoms with Gasteiger partial charge in [0, 0.05) is 12.3 Å². The third kappa shape index (κ3) is 3.79. The van der Waals surface area contributed by atoms with Crippen molar-refractivity contribution in [2.75, 3.05) is 12.8 Å². The summed E-state index contributed by atoms with van der Waals surface area (Å²) in [6.07, 6.45) is 1.73. The molecule has 0 amide bonds. The fourth-order valence-electron chi connectivity index (χ4n) is 2.15. The predicted octanol–water partition coefficient (Wildman–Crippen LogP) is 2.48. The molecule has 1 rings (SSSR count). The Labute approximate surface area is 121 Å². The molecule has 1 aromatic rings. The van der Waals surface area contributed by atoms with Gasteiger partial charge < -0.3 is 5.32 Å². The summed E-state index contributed by atoms with van der Waals surface area (Å²) in [6, 6.07) is 4.37. The maximum atomic E-state index is 13.4. The molecule has 1 atom stereocenters. The van der Waals surface area contributed by atoms with Gasteiger partial charge >= 0.3 is 0 Å². The Morgan fingerprint density at radius 1 is 1.35 bits per heavy atom. The highest BCUT2D eigenvalue weighted by Gasteiger charge is 2.38. The summed E-state index contributed by atoms with van der Waals surface area (Å²) in [5.74, 6) is -0.294. The molecule has 0 radical (unpaired) electrons. The first-order valence-electron chi connectivity index (χ1n) is 6.77. The Balaban J connectivity index is 3.13. The van der Waals surface area contributed by atoms with Crippen LogP contribution >= 0.6 is 0 Å². The average Bonchev–Trinajstić information content (AvgIpc) is 2.31. The molecule has 0 aromatic heterocycles. The molecule has 1 aromatic carbocycles. The first-order valence-corrected chi connectivity index (χ1v) is 8.66. The fourth-order valence-corrected chi connectivity index (χ4v) is 2.83. The van der Waals surface area contributed by atoms with E-state index < -0.39 is 14.6 Å². The highest BCUT2D eigenvalue weighted by molar-refractivity contribution is 7.92. The van der Waals surface area contributed by atoms with Gasteiger partial charge in [-0.1, -0.05) is 13.0 Å². The lowest BCUT2D eigenvalue weighted by atomic mass is 9.93. The Bertz CT molecular complexity index is 567. The molecular weight excluding hydrogens is 277 g/mol. The molecule has 0 aliphatic carbocycles. The quantitative estimate of drug-likeness (QED) is 0.878. The van der Waals surface area contributed by atoms with Gasteiger partial charge in [0.25, 0.3) is 0 Å². The van der Waals surface area contributed by atoms with E-state index in [1.54, 1.807) is 19.9 Å². The number of halogens is 1. The Morgan fingerprint density at radius 2 is 1.95 bits per heavy atom. The van der Waals surface area contributed by atoms with Gasteiger partial charge in [-0.25, -0.2) is 12.8 Å². The van der Waals surface area contributed by atoms with Crippen molar-refractivity contribution in [2.45, 2.75) is 44.9 Å². The lowest BCUT2D eigenvalue weighted by Gasteiger charge is -2.33. The predicted molar refractivity (Wildman–Crippen MR) is 81.2 cm³/mol. The summed E-state index contributed by atoms with van der Waals surface area (Å²) in [5.41, 5.74) is 1.81.